The van der Waals surface area contributed by atoms with E-state index in [2.05, 4.69) is 16.3 Å². The molecule has 0 aliphatic carbocycles. The van der Waals surface area contributed by atoms with Gasteiger partial charge >= 0.3 is 0 Å². The second-order valence-electron chi connectivity index (χ2n) is 5.12. The van der Waals surface area contributed by atoms with E-state index in [1.54, 1.807) is 4.90 Å². The maximum atomic E-state index is 12.7. The molecule has 1 aliphatic rings. The molecule has 0 fully saturated rings. The van der Waals surface area contributed by atoms with Gasteiger partial charge in [-0.2, -0.15) is 0 Å². The predicted molar refractivity (Wildman–Crippen MR) is 81.4 cm³/mol. The van der Waals surface area contributed by atoms with Crippen LogP contribution < -0.4 is 4.90 Å². The van der Waals surface area contributed by atoms with Gasteiger partial charge in [0.05, 0.1) is 5.52 Å². The molecule has 0 bridgehead atoms. The molecule has 1 aromatic heterocycles. The third kappa shape index (κ3) is 1.96. The standard InChI is InChI=1S/C17H13N3O/c21-17(20-10-9-12-5-2-4-8-16(12)20)15-11-13-6-1-3-7-14(13)18-19-15/h1-8,11H,9-10H2. The number of amides is 1. The van der Waals surface area contributed by atoms with Gasteiger partial charge in [0.2, 0.25) is 0 Å². The maximum absolute atomic E-state index is 12.7. The molecule has 21 heavy (non-hydrogen) atoms. The molecule has 1 amide bonds. The van der Waals surface area contributed by atoms with Crippen molar-refractivity contribution in [3.63, 3.8) is 0 Å². The highest BCUT2D eigenvalue weighted by molar-refractivity contribution is 6.07. The minimum Gasteiger partial charge on any atom is -0.306 e. The fourth-order valence-electron chi connectivity index (χ4n) is 2.78. The van der Waals surface area contributed by atoms with Gasteiger partial charge in [0.25, 0.3) is 5.91 Å². The molecule has 4 rings (SSSR count). The van der Waals surface area contributed by atoms with Gasteiger partial charge in [0, 0.05) is 17.6 Å². The molecule has 0 unspecified atom stereocenters. The zero-order valence-corrected chi connectivity index (χ0v) is 11.4. The molecular formula is C17H13N3O. The fraction of sp³-hybridized carbons (Fsp3) is 0.118. The van der Waals surface area contributed by atoms with Gasteiger partial charge in [-0.3, -0.25) is 4.79 Å². The third-order valence-corrected chi connectivity index (χ3v) is 3.85. The Hall–Kier alpha value is -2.75. The van der Waals surface area contributed by atoms with Crippen molar-refractivity contribution in [2.75, 3.05) is 11.4 Å². The average Bonchev–Trinajstić information content (AvgIpc) is 2.98. The van der Waals surface area contributed by atoms with Gasteiger partial charge in [0.1, 0.15) is 0 Å². The van der Waals surface area contributed by atoms with E-state index in [1.807, 2.05) is 48.5 Å². The van der Waals surface area contributed by atoms with Crippen molar-refractivity contribution in [3.05, 3.63) is 65.9 Å². The molecule has 102 valence electrons. The highest BCUT2D eigenvalue weighted by Gasteiger charge is 2.26. The first kappa shape index (κ1) is 12.0. The summed E-state index contributed by atoms with van der Waals surface area (Å²) in [6.07, 6.45) is 0.892. The molecule has 0 N–H and O–H groups in total. The van der Waals surface area contributed by atoms with E-state index in [0.29, 0.717) is 12.2 Å². The summed E-state index contributed by atoms with van der Waals surface area (Å²) in [6.45, 7) is 0.701. The Balaban J connectivity index is 1.74. The summed E-state index contributed by atoms with van der Waals surface area (Å²) in [6, 6.07) is 17.5. The number of fused-ring (bicyclic) bond motifs is 2. The zero-order valence-electron chi connectivity index (χ0n) is 11.4. The van der Waals surface area contributed by atoms with Crippen LogP contribution in [0.3, 0.4) is 0 Å². The summed E-state index contributed by atoms with van der Waals surface area (Å²) >= 11 is 0. The normalized spacial score (nSPS) is 13.4. The van der Waals surface area contributed by atoms with Crippen LogP contribution in [0.4, 0.5) is 5.69 Å². The first-order valence-corrected chi connectivity index (χ1v) is 6.95. The van der Waals surface area contributed by atoms with Crippen LogP contribution in [-0.2, 0) is 6.42 Å². The fourth-order valence-corrected chi connectivity index (χ4v) is 2.78. The summed E-state index contributed by atoms with van der Waals surface area (Å²) in [5.74, 6) is -0.0850. The van der Waals surface area contributed by atoms with Crippen molar-refractivity contribution in [2.45, 2.75) is 6.42 Å². The molecule has 0 radical (unpaired) electrons. The lowest BCUT2D eigenvalue weighted by molar-refractivity contribution is 0.0984. The van der Waals surface area contributed by atoms with E-state index >= 15 is 0 Å². The first-order chi connectivity index (χ1) is 10.3. The van der Waals surface area contributed by atoms with Crippen molar-refractivity contribution < 1.29 is 4.79 Å². The van der Waals surface area contributed by atoms with Gasteiger partial charge < -0.3 is 4.90 Å². The van der Waals surface area contributed by atoms with E-state index in [0.717, 1.165) is 23.0 Å². The van der Waals surface area contributed by atoms with Crippen LogP contribution >= 0.6 is 0 Å². The molecule has 3 aromatic rings. The molecule has 0 spiro atoms. The number of benzene rings is 2. The summed E-state index contributed by atoms with van der Waals surface area (Å²) in [4.78, 5) is 14.5. The number of hydrogen-bond donors (Lipinski definition) is 0. The highest BCUT2D eigenvalue weighted by atomic mass is 16.2. The molecule has 2 heterocycles. The Morgan fingerprint density at radius 3 is 2.76 bits per heavy atom. The van der Waals surface area contributed by atoms with Gasteiger partial charge in [-0.05, 0) is 30.2 Å². The van der Waals surface area contributed by atoms with Crippen molar-refractivity contribution in [2.24, 2.45) is 0 Å². The van der Waals surface area contributed by atoms with E-state index in [4.69, 9.17) is 0 Å². The lowest BCUT2D eigenvalue weighted by atomic mass is 10.2. The van der Waals surface area contributed by atoms with Gasteiger partial charge in [0.15, 0.2) is 5.69 Å². The molecule has 2 aromatic carbocycles. The van der Waals surface area contributed by atoms with Gasteiger partial charge in [-0.15, -0.1) is 10.2 Å². The number of rotatable bonds is 1. The Morgan fingerprint density at radius 2 is 1.81 bits per heavy atom. The van der Waals surface area contributed by atoms with Crippen molar-refractivity contribution in [1.29, 1.82) is 0 Å². The van der Waals surface area contributed by atoms with Crippen LogP contribution in [0.5, 0.6) is 0 Å². The lowest BCUT2D eigenvalue weighted by Gasteiger charge is -2.16. The number of carbonyl (C=O) groups excluding carboxylic acids is 1. The molecule has 0 saturated heterocycles. The van der Waals surface area contributed by atoms with Gasteiger partial charge in [-0.1, -0.05) is 36.4 Å². The van der Waals surface area contributed by atoms with E-state index in [-0.39, 0.29) is 5.91 Å². The molecular weight excluding hydrogens is 262 g/mol. The van der Waals surface area contributed by atoms with Crippen LogP contribution in [0.1, 0.15) is 16.1 Å². The molecule has 4 heteroatoms. The van der Waals surface area contributed by atoms with E-state index < -0.39 is 0 Å². The summed E-state index contributed by atoms with van der Waals surface area (Å²) in [5, 5.41) is 9.15. The number of hydrogen-bond acceptors (Lipinski definition) is 3. The first-order valence-electron chi connectivity index (χ1n) is 6.95. The average molecular weight is 275 g/mol. The van der Waals surface area contributed by atoms with Crippen molar-refractivity contribution >= 4 is 22.5 Å². The van der Waals surface area contributed by atoms with Crippen LogP contribution in [0, 0.1) is 0 Å². The number of carbonyl (C=O) groups is 1. The Bertz CT molecular complexity index is 844. The Kier molecular flexibility index (Phi) is 2.67. The summed E-state index contributed by atoms with van der Waals surface area (Å²) in [5.41, 5.74) is 3.39. The molecule has 0 saturated carbocycles. The topological polar surface area (TPSA) is 46.1 Å². The maximum Gasteiger partial charge on any atom is 0.278 e. The highest BCUT2D eigenvalue weighted by Crippen LogP contribution is 2.28. The van der Waals surface area contributed by atoms with Crippen LogP contribution in [0.15, 0.2) is 54.6 Å². The second-order valence-corrected chi connectivity index (χ2v) is 5.12. The second kappa shape index (κ2) is 4.66. The lowest BCUT2D eigenvalue weighted by Crippen LogP contribution is -2.29. The zero-order chi connectivity index (χ0) is 14.2. The monoisotopic (exact) mass is 275 g/mol. The number of nitrogens with zero attached hydrogens (tertiary/aromatic N) is 3. The van der Waals surface area contributed by atoms with E-state index in [1.165, 1.54) is 5.56 Å². The van der Waals surface area contributed by atoms with Crippen LogP contribution in [-0.4, -0.2) is 22.6 Å². The van der Waals surface area contributed by atoms with Crippen molar-refractivity contribution in [3.8, 4) is 0 Å². The van der Waals surface area contributed by atoms with Gasteiger partial charge in [-0.25, -0.2) is 0 Å². The molecule has 4 nitrogen and oxygen atoms in total. The third-order valence-electron chi connectivity index (χ3n) is 3.85. The molecule has 1 aliphatic heterocycles. The Labute approximate surface area is 122 Å². The van der Waals surface area contributed by atoms with Crippen LogP contribution in [0.2, 0.25) is 0 Å². The smallest absolute Gasteiger partial charge is 0.278 e. The minimum atomic E-state index is -0.0850. The number of anilines is 1. The summed E-state index contributed by atoms with van der Waals surface area (Å²) < 4.78 is 0. The summed E-state index contributed by atoms with van der Waals surface area (Å²) in [7, 11) is 0. The predicted octanol–water partition coefficient (Wildman–Crippen LogP) is 2.83. The Morgan fingerprint density at radius 1 is 1.00 bits per heavy atom. The van der Waals surface area contributed by atoms with E-state index in [9.17, 15) is 4.79 Å². The SMILES string of the molecule is O=C(c1cc2ccccc2nn1)N1CCc2ccccc21. The number of aromatic nitrogens is 2. The largest absolute Gasteiger partial charge is 0.306 e. The quantitative estimate of drug-likeness (QED) is 0.686. The number of para-hydroxylation sites is 1. The minimum absolute atomic E-state index is 0.0850. The molecule has 0 atom stereocenters. The van der Waals surface area contributed by atoms with Crippen molar-refractivity contribution in [1.82, 2.24) is 10.2 Å². The van der Waals surface area contributed by atoms with Crippen LogP contribution in [0.25, 0.3) is 10.9 Å².